The molecule has 2 aromatic carbocycles. The van der Waals surface area contributed by atoms with Gasteiger partial charge in [0.05, 0.1) is 17.2 Å². The van der Waals surface area contributed by atoms with E-state index in [4.69, 9.17) is 14.6 Å². The molecule has 0 unspecified atom stereocenters. The Balaban J connectivity index is 1.97. The topological polar surface area (TPSA) is 165 Å². The number of hydrogen-bond acceptors (Lipinski definition) is 8. The number of rotatable bonds is 8. The first-order chi connectivity index (χ1) is 15.7. The Morgan fingerprint density at radius 1 is 1.15 bits per heavy atom. The summed E-state index contributed by atoms with van der Waals surface area (Å²) in [5, 5.41) is 21.8. The fourth-order valence-corrected chi connectivity index (χ4v) is 2.95. The first kappa shape index (κ1) is 22.9. The lowest BCUT2D eigenvalue weighted by Gasteiger charge is -2.26. The van der Waals surface area contributed by atoms with Crippen molar-refractivity contribution < 1.29 is 38.7 Å². The van der Waals surface area contributed by atoms with Crippen LogP contribution in [0.5, 0.6) is 11.5 Å². The third-order valence-electron chi connectivity index (χ3n) is 4.33. The maximum atomic E-state index is 13.0. The zero-order valence-electron chi connectivity index (χ0n) is 17.1. The lowest BCUT2D eigenvalue weighted by atomic mass is 10.1. The molecule has 0 aliphatic carbocycles. The van der Waals surface area contributed by atoms with E-state index in [9.17, 15) is 29.3 Å². The van der Waals surface area contributed by atoms with Crippen molar-refractivity contribution in [3.63, 3.8) is 0 Å². The Bertz CT molecular complexity index is 1190. The van der Waals surface area contributed by atoms with Crippen LogP contribution >= 0.6 is 0 Å². The minimum absolute atomic E-state index is 0.0856. The molecule has 1 saturated heterocycles. The highest BCUT2D eigenvalue weighted by molar-refractivity contribution is 6.39. The van der Waals surface area contributed by atoms with Gasteiger partial charge in [-0.25, -0.2) is 14.5 Å². The number of imide groups is 2. The fraction of sp³-hybridized carbons (Fsp3) is 0.143. The molecule has 1 heterocycles. The van der Waals surface area contributed by atoms with Gasteiger partial charge >= 0.3 is 12.0 Å². The first-order valence-electron chi connectivity index (χ1n) is 9.48. The highest BCUT2D eigenvalue weighted by atomic mass is 16.6. The Kier molecular flexibility index (Phi) is 6.67. The summed E-state index contributed by atoms with van der Waals surface area (Å²) >= 11 is 0. The second kappa shape index (κ2) is 9.60. The first-order valence-corrected chi connectivity index (χ1v) is 9.48. The quantitative estimate of drug-likeness (QED) is 0.262. The van der Waals surface area contributed by atoms with Gasteiger partial charge in [0, 0.05) is 12.1 Å². The number of anilines is 1. The van der Waals surface area contributed by atoms with Crippen LogP contribution in [0.4, 0.5) is 16.2 Å². The average Bonchev–Trinajstić information content (AvgIpc) is 2.76. The molecule has 2 aromatic rings. The largest absolute Gasteiger partial charge is 0.490 e. The SMILES string of the molecule is CCOc1cc(/C=C2/C(=O)NC(=O)N(c3cccc([N+](=O)[O-])c3)C2=O)ccc1OCC(=O)O. The normalized spacial score (nSPS) is 14.8. The number of carboxylic acids is 1. The highest BCUT2D eigenvalue weighted by Crippen LogP contribution is 2.30. The molecule has 0 spiro atoms. The number of hydrogen-bond donors (Lipinski definition) is 2. The van der Waals surface area contributed by atoms with Gasteiger partial charge in [0.15, 0.2) is 18.1 Å². The summed E-state index contributed by atoms with van der Waals surface area (Å²) in [6.45, 7) is 1.34. The molecule has 0 bridgehead atoms. The minimum atomic E-state index is -1.18. The average molecular weight is 455 g/mol. The number of non-ortho nitro benzene ring substituents is 1. The molecule has 1 aliphatic rings. The summed E-state index contributed by atoms with van der Waals surface area (Å²) in [4.78, 5) is 59.3. The van der Waals surface area contributed by atoms with Crippen molar-refractivity contribution in [3.8, 4) is 11.5 Å². The predicted octanol–water partition coefficient (Wildman–Crippen LogP) is 2.12. The second-order valence-electron chi connectivity index (χ2n) is 6.56. The maximum absolute atomic E-state index is 13.0. The van der Waals surface area contributed by atoms with Crippen LogP contribution in [-0.2, 0) is 14.4 Å². The molecule has 33 heavy (non-hydrogen) atoms. The molecule has 12 heteroatoms. The molecule has 0 radical (unpaired) electrons. The van der Waals surface area contributed by atoms with Gasteiger partial charge in [-0.3, -0.25) is 25.0 Å². The zero-order chi connectivity index (χ0) is 24.1. The Hall–Kier alpha value is -4.74. The number of barbiturate groups is 1. The van der Waals surface area contributed by atoms with Gasteiger partial charge in [0.25, 0.3) is 17.5 Å². The standard InChI is InChI=1S/C21H17N3O9/c1-2-32-17-9-12(6-7-16(17)33-11-18(25)26)8-15-19(27)22-21(29)23(20(15)28)13-4-3-5-14(10-13)24(30)31/h3-10H,2,11H2,1H3,(H,25,26)(H,22,27,29)/b15-8-. The predicted molar refractivity (Wildman–Crippen MR) is 113 cm³/mol. The Labute approximate surface area is 186 Å². The van der Waals surface area contributed by atoms with Gasteiger partial charge in [0.2, 0.25) is 0 Å². The van der Waals surface area contributed by atoms with Gasteiger partial charge < -0.3 is 14.6 Å². The van der Waals surface area contributed by atoms with Crippen molar-refractivity contribution in [1.29, 1.82) is 0 Å². The number of nitrogens with one attached hydrogen (secondary N) is 1. The van der Waals surface area contributed by atoms with Gasteiger partial charge in [-0.1, -0.05) is 12.1 Å². The van der Waals surface area contributed by atoms with Crippen molar-refractivity contribution >= 4 is 41.3 Å². The number of nitro benzene ring substituents is 1. The van der Waals surface area contributed by atoms with Crippen molar-refractivity contribution in [2.45, 2.75) is 6.92 Å². The summed E-state index contributed by atoms with van der Waals surface area (Å²) in [5.41, 5.74) is -0.498. The Morgan fingerprint density at radius 3 is 2.58 bits per heavy atom. The molecule has 0 aromatic heterocycles. The number of carboxylic acid groups (broad SMARTS) is 1. The number of amides is 4. The van der Waals surface area contributed by atoms with E-state index in [1.54, 1.807) is 6.92 Å². The van der Waals surface area contributed by atoms with Crippen molar-refractivity contribution in [2.75, 3.05) is 18.1 Å². The smallest absolute Gasteiger partial charge is 0.341 e. The third-order valence-corrected chi connectivity index (χ3v) is 4.33. The van der Waals surface area contributed by atoms with Gasteiger partial charge in [-0.15, -0.1) is 0 Å². The van der Waals surface area contributed by atoms with Crippen molar-refractivity contribution in [1.82, 2.24) is 5.32 Å². The van der Waals surface area contributed by atoms with E-state index in [0.29, 0.717) is 10.5 Å². The van der Waals surface area contributed by atoms with Gasteiger partial charge in [0.1, 0.15) is 5.57 Å². The van der Waals surface area contributed by atoms with Gasteiger partial charge in [-0.05, 0) is 36.8 Å². The summed E-state index contributed by atoms with van der Waals surface area (Å²) in [7, 11) is 0. The van der Waals surface area contributed by atoms with E-state index in [-0.39, 0.29) is 29.5 Å². The molecule has 1 aliphatic heterocycles. The summed E-state index contributed by atoms with van der Waals surface area (Å²) < 4.78 is 10.6. The van der Waals surface area contributed by atoms with Crippen LogP contribution in [0.25, 0.3) is 6.08 Å². The number of carbonyl (C=O) groups excluding carboxylic acids is 3. The zero-order valence-corrected chi connectivity index (χ0v) is 17.1. The fourth-order valence-electron chi connectivity index (χ4n) is 2.95. The molecule has 2 N–H and O–H groups in total. The lowest BCUT2D eigenvalue weighted by Crippen LogP contribution is -2.54. The maximum Gasteiger partial charge on any atom is 0.341 e. The van der Waals surface area contributed by atoms with E-state index in [0.717, 1.165) is 6.07 Å². The molecule has 12 nitrogen and oxygen atoms in total. The number of nitrogens with zero attached hydrogens (tertiary/aromatic N) is 2. The van der Waals surface area contributed by atoms with E-state index in [1.165, 1.54) is 42.5 Å². The number of aliphatic carboxylic acids is 1. The minimum Gasteiger partial charge on any atom is -0.490 e. The summed E-state index contributed by atoms with van der Waals surface area (Å²) in [5.74, 6) is -2.78. The van der Waals surface area contributed by atoms with Crippen LogP contribution in [0, 0.1) is 10.1 Å². The number of ether oxygens (including phenoxy) is 2. The molecular weight excluding hydrogens is 438 g/mol. The molecule has 170 valence electrons. The number of nitro groups is 1. The number of benzene rings is 2. The molecule has 3 rings (SSSR count). The van der Waals surface area contributed by atoms with Crippen LogP contribution in [0.1, 0.15) is 12.5 Å². The number of urea groups is 1. The van der Waals surface area contributed by atoms with Crippen LogP contribution < -0.4 is 19.7 Å². The van der Waals surface area contributed by atoms with E-state index in [2.05, 4.69) is 0 Å². The molecule has 1 fully saturated rings. The van der Waals surface area contributed by atoms with Crippen LogP contribution in [-0.4, -0.2) is 47.1 Å². The number of carbonyl (C=O) groups is 4. The monoisotopic (exact) mass is 455 g/mol. The van der Waals surface area contributed by atoms with E-state index >= 15 is 0 Å². The van der Waals surface area contributed by atoms with Crippen LogP contribution in [0.2, 0.25) is 0 Å². The van der Waals surface area contributed by atoms with Crippen LogP contribution in [0.15, 0.2) is 48.0 Å². The Morgan fingerprint density at radius 2 is 1.91 bits per heavy atom. The molecule has 4 amide bonds. The third kappa shape index (κ3) is 5.12. The second-order valence-corrected chi connectivity index (χ2v) is 6.56. The van der Waals surface area contributed by atoms with Crippen molar-refractivity contribution in [3.05, 3.63) is 63.7 Å². The molecular formula is C21H17N3O9. The highest BCUT2D eigenvalue weighted by Gasteiger charge is 2.37. The molecule has 0 saturated carbocycles. The van der Waals surface area contributed by atoms with E-state index in [1.807, 2.05) is 5.32 Å². The van der Waals surface area contributed by atoms with Gasteiger partial charge in [-0.2, -0.15) is 0 Å². The molecule has 0 atom stereocenters. The van der Waals surface area contributed by atoms with E-state index < -0.39 is 40.9 Å². The lowest BCUT2D eigenvalue weighted by molar-refractivity contribution is -0.384. The summed E-state index contributed by atoms with van der Waals surface area (Å²) in [6.07, 6.45) is 1.21. The van der Waals surface area contributed by atoms with Crippen molar-refractivity contribution in [2.24, 2.45) is 0 Å². The van der Waals surface area contributed by atoms with Crippen LogP contribution in [0.3, 0.4) is 0 Å². The summed E-state index contributed by atoms with van der Waals surface area (Å²) in [6, 6.07) is 8.11.